The van der Waals surface area contributed by atoms with Crippen LogP contribution in [0.15, 0.2) is 17.1 Å². The van der Waals surface area contributed by atoms with Gasteiger partial charge in [-0.25, -0.2) is 9.79 Å². The fraction of sp³-hybridized carbons (Fsp3) is 0.429. The van der Waals surface area contributed by atoms with Gasteiger partial charge in [0.15, 0.2) is 0 Å². The molecule has 0 saturated carbocycles. The first kappa shape index (κ1) is 7.94. The number of amides is 2. The standard InChI is InChI=1S/C7H10N2O2/c1-5(2-6-4-11-6)3-9-7(8)10/h3,6H,1-2,4H2,(H2,8,10). The maximum absolute atomic E-state index is 10.2. The van der Waals surface area contributed by atoms with E-state index in [4.69, 9.17) is 10.5 Å². The van der Waals surface area contributed by atoms with E-state index in [0.29, 0.717) is 0 Å². The molecule has 0 aliphatic carbocycles. The molecule has 0 radical (unpaired) electrons. The number of urea groups is 1. The number of nitrogens with two attached hydrogens (primary N) is 1. The normalized spacial score (nSPS) is 22.0. The Kier molecular flexibility index (Phi) is 2.38. The van der Waals surface area contributed by atoms with Crippen molar-refractivity contribution in [1.82, 2.24) is 0 Å². The van der Waals surface area contributed by atoms with Gasteiger partial charge in [-0.1, -0.05) is 6.58 Å². The first-order valence-corrected chi connectivity index (χ1v) is 3.31. The van der Waals surface area contributed by atoms with Crippen molar-refractivity contribution in [3.05, 3.63) is 12.2 Å². The van der Waals surface area contributed by atoms with Gasteiger partial charge in [0.05, 0.1) is 12.7 Å². The maximum atomic E-state index is 10.2. The molecule has 1 aliphatic rings. The summed E-state index contributed by atoms with van der Waals surface area (Å²) in [6.45, 7) is 4.45. The number of hydrogen-bond donors (Lipinski definition) is 1. The summed E-state index contributed by atoms with van der Waals surface area (Å²) < 4.78 is 4.95. The summed E-state index contributed by atoms with van der Waals surface area (Å²) in [4.78, 5) is 13.5. The predicted molar refractivity (Wildman–Crippen MR) is 41.6 cm³/mol. The predicted octanol–water partition coefficient (Wildman–Crippen LogP) is 0.481. The summed E-state index contributed by atoms with van der Waals surface area (Å²) >= 11 is 0. The van der Waals surface area contributed by atoms with Gasteiger partial charge in [-0.15, -0.1) is 0 Å². The van der Waals surface area contributed by atoms with Crippen LogP contribution in [0.25, 0.3) is 0 Å². The number of epoxide rings is 1. The molecule has 60 valence electrons. The van der Waals surface area contributed by atoms with Crippen LogP contribution in [0, 0.1) is 0 Å². The van der Waals surface area contributed by atoms with Crippen molar-refractivity contribution in [1.29, 1.82) is 0 Å². The van der Waals surface area contributed by atoms with E-state index in [1.54, 1.807) is 0 Å². The number of rotatable bonds is 3. The van der Waals surface area contributed by atoms with Crippen LogP contribution in [0.2, 0.25) is 0 Å². The summed E-state index contributed by atoms with van der Waals surface area (Å²) in [7, 11) is 0. The van der Waals surface area contributed by atoms with Crippen LogP contribution in [-0.2, 0) is 4.74 Å². The van der Waals surface area contributed by atoms with Gasteiger partial charge in [0.1, 0.15) is 0 Å². The summed E-state index contributed by atoms with van der Waals surface area (Å²) in [5.74, 6) is 0. The quantitative estimate of drug-likeness (QED) is 0.474. The SMILES string of the molecule is C=C(C=NC(N)=O)CC1CO1. The molecule has 1 aliphatic heterocycles. The molecule has 0 aromatic heterocycles. The molecule has 0 spiro atoms. The molecule has 1 fully saturated rings. The molecule has 11 heavy (non-hydrogen) atoms. The second-order valence-corrected chi connectivity index (χ2v) is 2.41. The van der Waals surface area contributed by atoms with E-state index in [-0.39, 0.29) is 6.10 Å². The second-order valence-electron chi connectivity index (χ2n) is 2.41. The Morgan fingerprint density at radius 1 is 1.91 bits per heavy atom. The molecule has 2 N–H and O–H groups in total. The van der Waals surface area contributed by atoms with Crippen LogP contribution >= 0.6 is 0 Å². The third-order valence-electron chi connectivity index (χ3n) is 1.27. The molecule has 0 bridgehead atoms. The number of carbonyl (C=O) groups is 1. The summed E-state index contributed by atoms with van der Waals surface area (Å²) in [5, 5.41) is 0. The molecule has 0 aromatic carbocycles. The molecule has 1 saturated heterocycles. The minimum absolute atomic E-state index is 0.279. The highest BCUT2D eigenvalue weighted by Gasteiger charge is 2.22. The second kappa shape index (κ2) is 3.30. The van der Waals surface area contributed by atoms with Gasteiger partial charge in [-0.3, -0.25) is 0 Å². The van der Waals surface area contributed by atoms with Crippen LogP contribution in [0.1, 0.15) is 6.42 Å². The minimum Gasteiger partial charge on any atom is -0.373 e. The first-order chi connectivity index (χ1) is 5.18. The van der Waals surface area contributed by atoms with Crippen molar-refractivity contribution in [3.8, 4) is 0 Å². The van der Waals surface area contributed by atoms with Crippen LogP contribution in [0.5, 0.6) is 0 Å². The van der Waals surface area contributed by atoms with Gasteiger partial charge >= 0.3 is 6.03 Å². The zero-order valence-electron chi connectivity index (χ0n) is 6.12. The van der Waals surface area contributed by atoms with Crippen molar-refractivity contribution in [3.63, 3.8) is 0 Å². The van der Waals surface area contributed by atoms with Crippen LogP contribution in [0.4, 0.5) is 4.79 Å². The van der Waals surface area contributed by atoms with Crippen LogP contribution in [-0.4, -0.2) is 25.0 Å². The lowest BCUT2D eigenvalue weighted by molar-refractivity contribution is 0.257. The van der Waals surface area contributed by atoms with Crippen LogP contribution in [0.3, 0.4) is 0 Å². The Morgan fingerprint density at radius 2 is 2.55 bits per heavy atom. The average molecular weight is 154 g/mol. The Morgan fingerprint density at radius 3 is 3.00 bits per heavy atom. The molecule has 0 aromatic rings. The summed E-state index contributed by atoms with van der Waals surface area (Å²) in [6.07, 6.45) is 2.39. The maximum Gasteiger partial charge on any atom is 0.338 e. The van der Waals surface area contributed by atoms with Crippen molar-refractivity contribution >= 4 is 12.2 Å². The van der Waals surface area contributed by atoms with Crippen LogP contribution < -0.4 is 5.73 Å². The largest absolute Gasteiger partial charge is 0.373 e. The lowest BCUT2D eigenvalue weighted by Crippen LogP contribution is -2.04. The summed E-state index contributed by atoms with van der Waals surface area (Å²) in [6, 6.07) is -0.692. The fourth-order valence-electron chi connectivity index (χ4n) is 0.686. The molecular weight excluding hydrogens is 144 g/mol. The smallest absolute Gasteiger partial charge is 0.338 e. The number of primary amides is 1. The van der Waals surface area contributed by atoms with E-state index < -0.39 is 6.03 Å². The lowest BCUT2D eigenvalue weighted by atomic mass is 10.2. The molecule has 2 amide bonds. The Hall–Kier alpha value is -1.16. The average Bonchev–Trinajstić information content (AvgIpc) is 2.67. The number of hydrogen-bond acceptors (Lipinski definition) is 2. The van der Waals surface area contributed by atoms with Gasteiger partial charge < -0.3 is 10.5 Å². The molecule has 1 atom stereocenters. The monoisotopic (exact) mass is 154 g/mol. The van der Waals surface area contributed by atoms with Crippen molar-refractivity contribution in [2.75, 3.05) is 6.61 Å². The Bertz CT molecular complexity index is 206. The highest BCUT2D eigenvalue weighted by atomic mass is 16.6. The van der Waals surface area contributed by atoms with Gasteiger partial charge in [-0.2, -0.15) is 0 Å². The van der Waals surface area contributed by atoms with Crippen molar-refractivity contribution in [2.45, 2.75) is 12.5 Å². The number of aliphatic imine (C=N–C) groups is 1. The Labute approximate surface area is 64.7 Å². The number of carbonyl (C=O) groups excluding carboxylic acids is 1. The first-order valence-electron chi connectivity index (χ1n) is 3.31. The zero-order chi connectivity index (χ0) is 8.27. The molecule has 1 unspecified atom stereocenters. The minimum atomic E-state index is -0.692. The fourth-order valence-corrected chi connectivity index (χ4v) is 0.686. The highest BCUT2D eigenvalue weighted by Crippen LogP contribution is 2.16. The molecule has 4 nitrogen and oxygen atoms in total. The summed E-state index contributed by atoms with van der Waals surface area (Å²) in [5.41, 5.74) is 5.55. The van der Waals surface area contributed by atoms with Gasteiger partial charge in [0.2, 0.25) is 0 Å². The number of nitrogens with zero attached hydrogens (tertiary/aromatic N) is 1. The molecular formula is C7H10N2O2. The number of ether oxygens (including phenoxy) is 1. The molecule has 1 rings (SSSR count). The van der Waals surface area contributed by atoms with Gasteiger partial charge in [-0.05, 0) is 5.57 Å². The van der Waals surface area contributed by atoms with E-state index in [1.165, 1.54) is 6.21 Å². The third kappa shape index (κ3) is 3.52. The molecule has 4 heteroatoms. The third-order valence-corrected chi connectivity index (χ3v) is 1.27. The van der Waals surface area contributed by atoms with E-state index >= 15 is 0 Å². The van der Waals surface area contributed by atoms with Crippen molar-refractivity contribution in [2.24, 2.45) is 10.7 Å². The molecule has 1 heterocycles. The topological polar surface area (TPSA) is 68.0 Å². The van der Waals surface area contributed by atoms with Gasteiger partial charge in [0, 0.05) is 12.6 Å². The van der Waals surface area contributed by atoms with E-state index in [2.05, 4.69) is 11.6 Å². The van der Waals surface area contributed by atoms with E-state index in [1.807, 2.05) is 0 Å². The van der Waals surface area contributed by atoms with E-state index in [9.17, 15) is 4.79 Å². The Balaban J connectivity index is 2.23. The lowest BCUT2D eigenvalue weighted by Gasteiger charge is -1.91. The van der Waals surface area contributed by atoms with E-state index in [0.717, 1.165) is 18.6 Å². The highest BCUT2D eigenvalue weighted by molar-refractivity contribution is 5.89. The zero-order valence-corrected chi connectivity index (χ0v) is 6.12. The van der Waals surface area contributed by atoms with Crippen molar-refractivity contribution < 1.29 is 9.53 Å². The van der Waals surface area contributed by atoms with Gasteiger partial charge in [0.25, 0.3) is 0 Å².